The summed E-state index contributed by atoms with van der Waals surface area (Å²) >= 11 is 0. The summed E-state index contributed by atoms with van der Waals surface area (Å²) in [5.74, 6) is -3.83. The van der Waals surface area contributed by atoms with Crippen LogP contribution in [0.25, 0.3) is 0 Å². The molecule has 2 fully saturated rings. The predicted molar refractivity (Wildman–Crippen MR) is 159 cm³/mol. The summed E-state index contributed by atoms with van der Waals surface area (Å²) in [5, 5.41) is 2.73. The molecule has 6 atom stereocenters. The van der Waals surface area contributed by atoms with Gasteiger partial charge in [-0.15, -0.1) is 0 Å². The number of hydrogen-bond donors (Lipinski definition) is 1. The molecule has 2 aliphatic rings. The normalized spacial score (nSPS) is 22.4. The van der Waals surface area contributed by atoms with Crippen LogP contribution in [-0.2, 0) is 49.4 Å². The van der Waals surface area contributed by atoms with Crippen LogP contribution in [0.3, 0.4) is 0 Å². The Morgan fingerprint density at radius 2 is 1.55 bits per heavy atom. The molecule has 4 unspecified atom stereocenters. The summed E-state index contributed by atoms with van der Waals surface area (Å²) in [6.45, 7) is 9.85. The van der Waals surface area contributed by atoms with E-state index in [1.807, 2.05) is 31.2 Å². The van der Waals surface area contributed by atoms with Crippen LogP contribution >= 0.6 is 0 Å². The summed E-state index contributed by atoms with van der Waals surface area (Å²) in [7, 11) is 1.17. The van der Waals surface area contributed by atoms with Gasteiger partial charge in [-0.25, -0.2) is 4.79 Å². The van der Waals surface area contributed by atoms with Crippen LogP contribution < -0.4 is 5.32 Å². The Kier molecular flexibility index (Phi) is 11.5. The highest BCUT2D eigenvalue weighted by atomic mass is 16.6. The zero-order valence-electron chi connectivity index (χ0n) is 26.7. The summed E-state index contributed by atoms with van der Waals surface area (Å²) in [5.41, 5.74) is 0.462. The minimum absolute atomic E-state index is 0.168. The van der Waals surface area contributed by atoms with E-state index in [1.165, 1.54) is 32.8 Å². The zero-order chi connectivity index (χ0) is 32.8. The van der Waals surface area contributed by atoms with Gasteiger partial charge in [-0.3, -0.25) is 24.0 Å². The smallest absolute Gasteiger partial charge is 0.332 e. The number of carbonyl (C=O) groups is 6. The maximum atomic E-state index is 14.4. The molecule has 3 rings (SSSR count). The highest BCUT2D eigenvalue weighted by Gasteiger charge is 2.53. The van der Waals surface area contributed by atoms with E-state index >= 15 is 0 Å². The number of likely N-dealkylation sites (tertiary alicyclic amines) is 2. The molecule has 44 heavy (non-hydrogen) atoms. The van der Waals surface area contributed by atoms with E-state index in [2.05, 4.69) is 5.32 Å². The van der Waals surface area contributed by atoms with E-state index in [0.29, 0.717) is 32.2 Å². The number of aryl methyl sites for hydroxylation is 1. The van der Waals surface area contributed by atoms with Crippen molar-refractivity contribution in [1.29, 1.82) is 0 Å². The molecule has 1 aromatic carbocycles. The third-order valence-electron chi connectivity index (χ3n) is 8.62. The lowest BCUT2D eigenvalue weighted by Crippen LogP contribution is -2.64. The van der Waals surface area contributed by atoms with E-state index < -0.39 is 59.6 Å². The molecule has 0 aromatic heterocycles. The lowest BCUT2D eigenvalue weighted by atomic mass is 9.85. The van der Waals surface area contributed by atoms with Crippen LogP contribution in [0.1, 0.15) is 71.4 Å². The minimum Gasteiger partial charge on any atom is -0.467 e. The molecule has 2 saturated heterocycles. The zero-order valence-corrected chi connectivity index (χ0v) is 26.7. The van der Waals surface area contributed by atoms with Crippen molar-refractivity contribution in [2.75, 3.05) is 20.2 Å². The Hall–Kier alpha value is -3.96. The lowest BCUT2D eigenvalue weighted by molar-refractivity contribution is -0.160. The van der Waals surface area contributed by atoms with Crippen molar-refractivity contribution in [2.24, 2.45) is 5.92 Å². The second kappa shape index (κ2) is 14.7. The van der Waals surface area contributed by atoms with E-state index in [0.717, 1.165) is 11.1 Å². The molecule has 2 heterocycles. The average molecular weight is 616 g/mol. The van der Waals surface area contributed by atoms with Gasteiger partial charge >= 0.3 is 17.9 Å². The number of nitrogens with one attached hydrogen (secondary N) is 1. The van der Waals surface area contributed by atoms with Crippen molar-refractivity contribution in [3.05, 3.63) is 35.4 Å². The van der Waals surface area contributed by atoms with Crippen molar-refractivity contribution >= 4 is 35.6 Å². The Labute approximate surface area is 258 Å². The molecule has 1 N–H and O–H groups in total. The Morgan fingerprint density at radius 3 is 2.14 bits per heavy atom. The molecule has 0 bridgehead atoms. The lowest BCUT2D eigenvalue weighted by Gasteiger charge is -2.41. The van der Waals surface area contributed by atoms with Crippen LogP contribution in [0.4, 0.5) is 0 Å². The first kappa shape index (κ1) is 34.5. The monoisotopic (exact) mass is 615 g/mol. The molecule has 3 amide bonds. The Morgan fingerprint density at radius 1 is 0.932 bits per heavy atom. The fourth-order valence-electron chi connectivity index (χ4n) is 6.14. The number of carbonyl (C=O) groups excluding carboxylic acids is 6. The van der Waals surface area contributed by atoms with Gasteiger partial charge in [0.1, 0.15) is 23.8 Å². The standard InChI is InChI=1S/C32H45N3O9/c1-19-11-13-25(14-12-19)18-32(31(41)33-27(30(40)42-7)22(4)44-24(6)37)15-9-17-35(32)29(39)26-10-8-16-34(26)28(38)20(2)21(3)43-23(5)36/h11-14,20-22,26-27H,8-10,15-18H2,1-7H3,(H,33,41)/t20?,21?,22-,26+,27?,32?/m1/s1. The molecule has 0 saturated carbocycles. The summed E-state index contributed by atoms with van der Waals surface area (Å²) < 4.78 is 15.4. The van der Waals surface area contributed by atoms with Crippen molar-refractivity contribution < 1.29 is 43.0 Å². The van der Waals surface area contributed by atoms with Gasteiger partial charge in [0.25, 0.3) is 0 Å². The second-order valence-electron chi connectivity index (χ2n) is 11.9. The fourth-order valence-corrected chi connectivity index (χ4v) is 6.14. The molecule has 12 heteroatoms. The van der Waals surface area contributed by atoms with Crippen molar-refractivity contribution in [3.63, 3.8) is 0 Å². The topological polar surface area (TPSA) is 149 Å². The Bertz CT molecular complexity index is 1250. The highest BCUT2D eigenvalue weighted by Crippen LogP contribution is 2.36. The summed E-state index contributed by atoms with van der Waals surface area (Å²) in [6, 6.07) is 5.53. The number of nitrogens with zero attached hydrogens (tertiary/aromatic N) is 2. The third kappa shape index (κ3) is 7.75. The fraction of sp³-hybridized carbons (Fsp3) is 0.625. The van der Waals surface area contributed by atoms with E-state index in [4.69, 9.17) is 14.2 Å². The van der Waals surface area contributed by atoms with Crippen LogP contribution in [0, 0.1) is 12.8 Å². The van der Waals surface area contributed by atoms with Crippen LogP contribution in [0.5, 0.6) is 0 Å². The molecule has 12 nitrogen and oxygen atoms in total. The summed E-state index contributed by atoms with van der Waals surface area (Å²) in [6.07, 6.45) is 0.320. The molecule has 1 aromatic rings. The molecule has 242 valence electrons. The quantitative estimate of drug-likeness (QED) is 0.292. The van der Waals surface area contributed by atoms with Gasteiger partial charge < -0.3 is 29.3 Å². The van der Waals surface area contributed by atoms with E-state index in [1.54, 1.807) is 18.7 Å². The van der Waals surface area contributed by atoms with Crippen LogP contribution in [0.2, 0.25) is 0 Å². The molecule has 0 aliphatic carbocycles. The van der Waals surface area contributed by atoms with Gasteiger partial charge in [0.15, 0.2) is 6.04 Å². The first-order valence-electron chi connectivity index (χ1n) is 15.1. The molecule has 0 radical (unpaired) electrons. The van der Waals surface area contributed by atoms with Gasteiger partial charge in [-0.2, -0.15) is 0 Å². The first-order chi connectivity index (χ1) is 20.7. The predicted octanol–water partition coefficient (Wildman–Crippen LogP) is 2.09. The third-order valence-corrected chi connectivity index (χ3v) is 8.62. The van der Waals surface area contributed by atoms with Gasteiger partial charge in [0.05, 0.1) is 13.0 Å². The number of ether oxygens (including phenoxy) is 3. The molecule has 2 aliphatic heterocycles. The number of benzene rings is 1. The average Bonchev–Trinajstić information content (AvgIpc) is 3.63. The van der Waals surface area contributed by atoms with Crippen LogP contribution in [0.15, 0.2) is 24.3 Å². The van der Waals surface area contributed by atoms with Gasteiger partial charge in [-0.1, -0.05) is 36.8 Å². The molecule has 0 spiro atoms. The number of amides is 3. The van der Waals surface area contributed by atoms with E-state index in [9.17, 15) is 28.8 Å². The highest BCUT2D eigenvalue weighted by molar-refractivity contribution is 5.97. The van der Waals surface area contributed by atoms with Gasteiger partial charge in [-0.05, 0) is 52.0 Å². The number of rotatable bonds is 11. The second-order valence-corrected chi connectivity index (χ2v) is 11.9. The van der Waals surface area contributed by atoms with Crippen molar-refractivity contribution in [3.8, 4) is 0 Å². The maximum absolute atomic E-state index is 14.4. The molecular weight excluding hydrogens is 570 g/mol. The first-order valence-corrected chi connectivity index (χ1v) is 15.1. The molecular formula is C32H45N3O9. The summed E-state index contributed by atoms with van der Waals surface area (Å²) in [4.78, 5) is 81.2. The number of methoxy groups -OCH3 is 1. The van der Waals surface area contributed by atoms with Crippen LogP contribution in [-0.4, -0.2) is 95.5 Å². The maximum Gasteiger partial charge on any atom is 0.332 e. The SMILES string of the molecule is COC(=O)C(NC(=O)C1(Cc2ccc(C)cc2)CCCN1C(=O)[C@@H]1CCCN1C(=O)C(C)C(C)OC(C)=O)[C@@H](C)OC(C)=O. The van der Waals surface area contributed by atoms with Gasteiger partial charge in [0.2, 0.25) is 17.7 Å². The number of esters is 3. The minimum atomic E-state index is -1.39. The van der Waals surface area contributed by atoms with E-state index in [-0.39, 0.29) is 24.8 Å². The largest absolute Gasteiger partial charge is 0.467 e. The van der Waals surface area contributed by atoms with Crippen molar-refractivity contribution in [1.82, 2.24) is 15.1 Å². The Balaban J connectivity index is 1.98. The number of hydrogen-bond acceptors (Lipinski definition) is 9. The van der Waals surface area contributed by atoms with Crippen molar-refractivity contribution in [2.45, 2.75) is 103 Å². The van der Waals surface area contributed by atoms with Gasteiger partial charge in [0, 0.05) is 33.4 Å².